The summed E-state index contributed by atoms with van der Waals surface area (Å²) in [6.45, 7) is 8.57. The lowest BCUT2D eigenvalue weighted by atomic mass is 10.0. The summed E-state index contributed by atoms with van der Waals surface area (Å²) in [5.41, 5.74) is 0.276. The molecule has 2 heteroatoms. The van der Waals surface area contributed by atoms with Crippen molar-refractivity contribution in [2.45, 2.75) is 38.8 Å². The van der Waals surface area contributed by atoms with E-state index in [4.69, 9.17) is 4.74 Å². The van der Waals surface area contributed by atoms with Gasteiger partial charge in [-0.25, -0.2) is 0 Å². The minimum atomic E-state index is 0.276. The highest BCUT2D eigenvalue weighted by molar-refractivity contribution is 4.82. The third-order valence-electron chi connectivity index (χ3n) is 2.51. The molecule has 1 unspecified atom stereocenters. The number of rotatable bonds is 1. The molecule has 0 radical (unpaired) electrons. The van der Waals surface area contributed by atoms with E-state index in [-0.39, 0.29) is 5.54 Å². The second-order valence-corrected chi connectivity index (χ2v) is 4.30. The molecule has 0 aliphatic carbocycles. The van der Waals surface area contributed by atoms with Gasteiger partial charge in [0.25, 0.3) is 0 Å². The van der Waals surface area contributed by atoms with Crippen LogP contribution in [0.15, 0.2) is 0 Å². The highest BCUT2D eigenvalue weighted by Gasteiger charge is 2.27. The zero-order valence-corrected chi connectivity index (χ0v) is 8.05. The fourth-order valence-electron chi connectivity index (χ4n) is 1.38. The van der Waals surface area contributed by atoms with Gasteiger partial charge in [-0.2, -0.15) is 0 Å². The van der Waals surface area contributed by atoms with E-state index in [0.29, 0.717) is 6.04 Å². The Morgan fingerprint density at radius 1 is 1.36 bits per heavy atom. The first-order valence-electron chi connectivity index (χ1n) is 4.32. The predicted octanol–water partition coefficient (Wildman–Crippen LogP) is 1.51. The molecule has 0 amide bonds. The van der Waals surface area contributed by atoms with Crippen LogP contribution in [0.4, 0.5) is 0 Å². The average molecular weight is 157 g/mol. The molecule has 0 saturated carbocycles. The van der Waals surface area contributed by atoms with Crippen LogP contribution in [-0.2, 0) is 4.74 Å². The summed E-state index contributed by atoms with van der Waals surface area (Å²) in [7, 11) is 2.18. The van der Waals surface area contributed by atoms with Crippen molar-refractivity contribution >= 4 is 0 Å². The molecule has 1 atom stereocenters. The Morgan fingerprint density at radius 3 is 2.36 bits per heavy atom. The average Bonchev–Trinajstić information content (AvgIpc) is 2.34. The normalized spacial score (nSPS) is 26.5. The zero-order valence-electron chi connectivity index (χ0n) is 8.05. The standard InChI is InChI=1S/C9H19NO/c1-9(2,3)10(4)8-5-6-11-7-8/h8H,5-7H2,1-4H3. The van der Waals surface area contributed by atoms with E-state index in [0.717, 1.165) is 13.2 Å². The number of nitrogens with zero attached hydrogens (tertiary/aromatic N) is 1. The van der Waals surface area contributed by atoms with Crippen molar-refractivity contribution in [3.05, 3.63) is 0 Å². The lowest BCUT2D eigenvalue weighted by Crippen LogP contribution is -2.45. The quantitative estimate of drug-likeness (QED) is 0.572. The van der Waals surface area contributed by atoms with Gasteiger partial charge < -0.3 is 4.74 Å². The van der Waals surface area contributed by atoms with E-state index in [9.17, 15) is 0 Å². The Balaban J connectivity index is 2.46. The number of hydrogen-bond donors (Lipinski definition) is 0. The van der Waals surface area contributed by atoms with Crippen molar-refractivity contribution in [1.82, 2.24) is 4.90 Å². The van der Waals surface area contributed by atoms with Crippen LogP contribution in [0.5, 0.6) is 0 Å². The molecule has 1 aliphatic heterocycles. The maximum atomic E-state index is 5.33. The van der Waals surface area contributed by atoms with E-state index in [1.165, 1.54) is 6.42 Å². The lowest BCUT2D eigenvalue weighted by molar-refractivity contribution is 0.0971. The van der Waals surface area contributed by atoms with Crippen molar-refractivity contribution in [2.75, 3.05) is 20.3 Å². The number of ether oxygens (including phenoxy) is 1. The van der Waals surface area contributed by atoms with E-state index in [2.05, 4.69) is 32.7 Å². The van der Waals surface area contributed by atoms with Gasteiger partial charge in [-0.3, -0.25) is 4.90 Å². The van der Waals surface area contributed by atoms with E-state index in [1.807, 2.05) is 0 Å². The molecule has 0 bridgehead atoms. The Morgan fingerprint density at radius 2 is 2.00 bits per heavy atom. The summed E-state index contributed by atoms with van der Waals surface area (Å²) in [6.07, 6.45) is 1.19. The maximum absolute atomic E-state index is 5.33. The molecule has 0 aromatic carbocycles. The highest BCUT2D eigenvalue weighted by Crippen LogP contribution is 2.19. The van der Waals surface area contributed by atoms with Crippen LogP contribution in [0, 0.1) is 0 Å². The smallest absolute Gasteiger partial charge is 0.0622 e. The minimum Gasteiger partial charge on any atom is -0.380 e. The second kappa shape index (κ2) is 3.11. The Labute approximate surface area is 69.5 Å². The number of hydrogen-bond acceptors (Lipinski definition) is 2. The molecule has 1 aliphatic rings. The molecular weight excluding hydrogens is 138 g/mol. The molecular formula is C9H19NO. The summed E-state index contributed by atoms with van der Waals surface area (Å²) in [4.78, 5) is 2.40. The Hall–Kier alpha value is -0.0800. The third kappa shape index (κ3) is 2.17. The molecule has 0 aromatic heterocycles. The van der Waals surface area contributed by atoms with Gasteiger partial charge in [-0.15, -0.1) is 0 Å². The largest absolute Gasteiger partial charge is 0.380 e. The molecule has 66 valence electrons. The maximum Gasteiger partial charge on any atom is 0.0622 e. The van der Waals surface area contributed by atoms with Gasteiger partial charge >= 0.3 is 0 Å². The fraction of sp³-hybridized carbons (Fsp3) is 1.00. The van der Waals surface area contributed by atoms with E-state index in [1.54, 1.807) is 0 Å². The molecule has 1 saturated heterocycles. The Kier molecular flexibility index (Phi) is 2.55. The van der Waals surface area contributed by atoms with Crippen molar-refractivity contribution in [3.8, 4) is 0 Å². The van der Waals surface area contributed by atoms with Crippen LogP contribution in [0.1, 0.15) is 27.2 Å². The molecule has 0 spiro atoms. The molecule has 0 N–H and O–H groups in total. The summed E-state index contributed by atoms with van der Waals surface area (Å²) in [6, 6.07) is 0.634. The van der Waals surface area contributed by atoms with Gasteiger partial charge in [-0.1, -0.05) is 0 Å². The first kappa shape index (κ1) is 9.01. The van der Waals surface area contributed by atoms with Gasteiger partial charge in [-0.05, 0) is 34.2 Å². The van der Waals surface area contributed by atoms with E-state index >= 15 is 0 Å². The van der Waals surface area contributed by atoms with Crippen molar-refractivity contribution in [3.63, 3.8) is 0 Å². The molecule has 1 rings (SSSR count). The first-order chi connectivity index (χ1) is 5.02. The fourth-order valence-corrected chi connectivity index (χ4v) is 1.38. The van der Waals surface area contributed by atoms with Crippen LogP contribution in [0.3, 0.4) is 0 Å². The first-order valence-corrected chi connectivity index (χ1v) is 4.32. The van der Waals surface area contributed by atoms with Gasteiger partial charge in [0.15, 0.2) is 0 Å². The molecule has 2 nitrogen and oxygen atoms in total. The van der Waals surface area contributed by atoms with Crippen LogP contribution in [0.2, 0.25) is 0 Å². The minimum absolute atomic E-state index is 0.276. The molecule has 1 fully saturated rings. The highest BCUT2D eigenvalue weighted by atomic mass is 16.5. The van der Waals surface area contributed by atoms with Crippen molar-refractivity contribution in [2.24, 2.45) is 0 Å². The van der Waals surface area contributed by atoms with Gasteiger partial charge in [0, 0.05) is 18.2 Å². The van der Waals surface area contributed by atoms with E-state index < -0.39 is 0 Å². The molecule has 0 aromatic rings. The van der Waals surface area contributed by atoms with Crippen LogP contribution >= 0.6 is 0 Å². The van der Waals surface area contributed by atoms with Crippen molar-refractivity contribution in [1.29, 1.82) is 0 Å². The second-order valence-electron chi connectivity index (χ2n) is 4.30. The molecule has 1 heterocycles. The predicted molar refractivity (Wildman–Crippen MR) is 46.7 cm³/mol. The van der Waals surface area contributed by atoms with Gasteiger partial charge in [0.05, 0.1) is 6.61 Å². The Bertz CT molecular complexity index is 122. The van der Waals surface area contributed by atoms with Crippen LogP contribution < -0.4 is 0 Å². The molecule has 11 heavy (non-hydrogen) atoms. The number of likely N-dealkylation sites (N-methyl/N-ethyl adjacent to an activating group) is 1. The summed E-state index contributed by atoms with van der Waals surface area (Å²) >= 11 is 0. The SMILES string of the molecule is CN(C1CCOC1)C(C)(C)C. The summed E-state index contributed by atoms with van der Waals surface area (Å²) < 4.78 is 5.33. The third-order valence-corrected chi connectivity index (χ3v) is 2.51. The lowest BCUT2D eigenvalue weighted by Gasteiger charge is -2.36. The van der Waals surface area contributed by atoms with Crippen LogP contribution in [0.25, 0.3) is 0 Å². The van der Waals surface area contributed by atoms with Gasteiger partial charge in [0.2, 0.25) is 0 Å². The van der Waals surface area contributed by atoms with Crippen LogP contribution in [-0.4, -0.2) is 36.7 Å². The monoisotopic (exact) mass is 157 g/mol. The topological polar surface area (TPSA) is 12.5 Å². The van der Waals surface area contributed by atoms with Gasteiger partial charge in [0.1, 0.15) is 0 Å². The summed E-state index contributed by atoms with van der Waals surface area (Å²) in [5.74, 6) is 0. The van der Waals surface area contributed by atoms with Crippen molar-refractivity contribution < 1.29 is 4.74 Å². The summed E-state index contributed by atoms with van der Waals surface area (Å²) in [5, 5.41) is 0. The zero-order chi connectivity index (χ0) is 8.48.